The van der Waals surface area contributed by atoms with Crippen LogP contribution in [0.2, 0.25) is 0 Å². The van der Waals surface area contributed by atoms with E-state index in [0.29, 0.717) is 0 Å². The molecule has 0 unspecified atom stereocenters. The molecule has 0 saturated heterocycles. The normalized spacial score (nSPS) is 11.3. The summed E-state index contributed by atoms with van der Waals surface area (Å²) in [7, 11) is 1.98. The summed E-state index contributed by atoms with van der Waals surface area (Å²) in [4.78, 5) is 4.26. The average molecular weight is 268 g/mol. The van der Waals surface area contributed by atoms with Crippen LogP contribution in [0.4, 0.5) is 0 Å². The first-order valence-corrected chi connectivity index (χ1v) is 6.98. The van der Waals surface area contributed by atoms with Crippen molar-refractivity contribution in [1.29, 1.82) is 0 Å². The van der Waals surface area contributed by atoms with Gasteiger partial charge in [0.05, 0.1) is 0 Å². The van der Waals surface area contributed by atoms with Crippen molar-refractivity contribution >= 4 is 10.9 Å². The monoisotopic (exact) mass is 268 g/mol. The zero-order chi connectivity index (χ0) is 13.9. The Morgan fingerprint density at radius 1 is 1.10 bits per heavy atom. The Kier molecular flexibility index (Phi) is 3.56. The van der Waals surface area contributed by atoms with E-state index in [1.807, 2.05) is 26.4 Å². The van der Waals surface area contributed by atoms with Crippen molar-refractivity contribution in [3.63, 3.8) is 0 Å². The number of nitrogens with one attached hydrogen (secondary N) is 1. The molecule has 0 aliphatic heterocycles. The number of benzene rings is 1. The topological polar surface area (TPSA) is 34.8 Å². The molecule has 2 aromatic heterocycles. The number of rotatable bonds is 5. The van der Waals surface area contributed by atoms with Crippen molar-refractivity contribution in [2.45, 2.75) is 26.6 Å². The maximum absolute atomic E-state index is 4.26. The number of hydrogen-bond acceptors (Lipinski definition) is 2. The van der Waals surface area contributed by atoms with Crippen LogP contribution in [0.1, 0.15) is 11.4 Å². The van der Waals surface area contributed by atoms with E-state index in [1.54, 1.807) is 0 Å². The lowest BCUT2D eigenvalue weighted by molar-refractivity contribution is 0.580. The van der Waals surface area contributed by atoms with Crippen molar-refractivity contribution in [2.75, 3.05) is 7.05 Å². The van der Waals surface area contributed by atoms with Gasteiger partial charge in [-0.2, -0.15) is 0 Å². The van der Waals surface area contributed by atoms with E-state index in [4.69, 9.17) is 0 Å². The maximum atomic E-state index is 4.26. The molecule has 0 spiro atoms. The highest BCUT2D eigenvalue weighted by Crippen LogP contribution is 2.18. The molecule has 4 nitrogen and oxygen atoms in total. The van der Waals surface area contributed by atoms with Crippen LogP contribution < -0.4 is 5.32 Å². The van der Waals surface area contributed by atoms with Crippen LogP contribution in [-0.4, -0.2) is 21.2 Å². The third-order valence-electron chi connectivity index (χ3n) is 3.72. The highest BCUT2D eigenvalue weighted by atomic mass is 15.1. The van der Waals surface area contributed by atoms with Gasteiger partial charge in [0, 0.05) is 43.7 Å². The summed E-state index contributed by atoms with van der Waals surface area (Å²) >= 11 is 0. The molecule has 2 heterocycles. The lowest BCUT2D eigenvalue weighted by atomic mass is 10.1. The minimum atomic E-state index is 0.905. The van der Waals surface area contributed by atoms with Crippen molar-refractivity contribution in [3.05, 3.63) is 54.2 Å². The minimum Gasteiger partial charge on any atom is -0.346 e. The third kappa shape index (κ3) is 2.47. The summed E-state index contributed by atoms with van der Waals surface area (Å²) in [6.45, 7) is 4.86. The Bertz CT molecular complexity index is 708. The Morgan fingerprint density at radius 2 is 1.95 bits per heavy atom. The van der Waals surface area contributed by atoms with Crippen LogP contribution in [0.5, 0.6) is 0 Å². The second-order valence-corrected chi connectivity index (χ2v) is 5.10. The fourth-order valence-corrected chi connectivity index (χ4v) is 2.59. The number of nitrogens with zero attached hydrogens (tertiary/aromatic N) is 3. The Hall–Kier alpha value is -2.07. The van der Waals surface area contributed by atoms with E-state index in [-0.39, 0.29) is 0 Å². The number of aryl methyl sites for hydroxylation is 3. The van der Waals surface area contributed by atoms with Gasteiger partial charge >= 0.3 is 0 Å². The number of fused-ring (bicyclic) bond motifs is 1. The molecule has 20 heavy (non-hydrogen) atoms. The van der Waals surface area contributed by atoms with Crippen LogP contribution in [0.25, 0.3) is 10.9 Å². The predicted molar refractivity (Wildman–Crippen MR) is 81.7 cm³/mol. The smallest absolute Gasteiger partial charge is 0.105 e. The molecule has 4 heteroatoms. The zero-order valence-electron chi connectivity index (χ0n) is 12.0. The summed E-state index contributed by atoms with van der Waals surface area (Å²) in [5.74, 6) is 1.07. The summed E-state index contributed by atoms with van der Waals surface area (Å²) in [6.07, 6.45) is 6.06. The molecule has 1 N–H and O–H groups in total. The second kappa shape index (κ2) is 5.51. The van der Waals surface area contributed by atoms with E-state index in [2.05, 4.69) is 49.9 Å². The molecule has 0 aliphatic carbocycles. The van der Waals surface area contributed by atoms with Gasteiger partial charge in [-0.1, -0.05) is 12.1 Å². The van der Waals surface area contributed by atoms with Crippen LogP contribution >= 0.6 is 0 Å². The molecule has 1 aromatic carbocycles. The van der Waals surface area contributed by atoms with Gasteiger partial charge in [-0.25, -0.2) is 4.98 Å². The van der Waals surface area contributed by atoms with Crippen molar-refractivity contribution < 1.29 is 0 Å². The van der Waals surface area contributed by atoms with Crippen molar-refractivity contribution in [3.8, 4) is 0 Å². The first-order valence-electron chi connectivity index (χ1n) is 6.98. The first-order chi connectivity index (χ1) is 9.78. The number of aromatic nitrogens is 3. The van der Waals surface area contributed by atoms with Gasteiger partial charge in [-0.05, 0) is 37.1 Å². The van der Waals surface area contributed by atoms with E-state index in [0.717, 1.165) is 25.5 Å². The molecule has 0 saturated carbocycles. The quantitative estimate of drug-likeness (QED) is 0.772. The molecular formula is C16H20N4. The highest BCUT2D eigenvalue weighted by Gasteiger charge is 2.03. The maximum Gasteiger partial charge on any atom is 0.105 e. The molecular weight excluding hydrogens is 248 g/mol. The van der Waals surface area contributed by atoms with Gasteiger partial charge in [0.25, 0.3) is 0 Å². The third-order valence-corrected chi connectivity index (χ3v) is 3.72. The molecule has 0 fully saturated rings. The predicted octanol–water partition coefficient (Wildman–Crippen LogP) is 2.57. The minimum absolute atomic E-state index is 0.905. The lowest BCUT2D eigenvalue weighted by Crippen LogP contribution is -2.08. The Morgan fingerprint density at radius 3 is 2.70 bits per heavy atom. The first kappa shape index (κ1) is 12.9. The van der Waals surface area contributed by atoms with E-state index < -0.39 is 0 Å². The van der Waals surface area contributed by atoms with Gasteiger partial charge in [0.2, 0.25) is 0 Å². The average Bonchev–Trinajstić information content (AvgIpc) is 3.03. The highest BCUT2D eigenvalue weighted by molar-refractivity contribution is 5.80. The van der Waals surface area contributed by atoms with Gasteiger partial charge in [-0.15, -0.1) is 0 Å². The molecule has 0 radical (unpaired) electrons. The van der Waals surface area contributed by atoms with Gasteiger partial charge < -0.3 is 14.5 Å². The molecule has 104 valence electrons. The SMILES string of the molecule is CNCc1ccc2ccn(CCn3ccnc3C)c2c1. The standard InChI is InChI=1S/C16H20N4/c1-13-18-6-8-19(13)9-10-20-7-5-15-4-3-14(12-17-2)11-16(15)20/h3-8,11,17H,9-10,12H2,1-2H3. The zero-order valence-corrected chi connectivity index (χ0v) is 12.0. The van der Waals surface area contributed by atoms with E-state index >= 15 is 0 Å². The summed E-state index contributed by atoms with van der Waals surface area (Å²) in [5, 5.41) is 4.50. The Balaban J connectivity index is 1.84. The largest absolute Gasteiger partial charge is 0.346 e. The molecule has 3 aromatic rings. The van der Waals surface area contributed by atoms with Gasteiger partial charge in [0.1, 0.15) is 5.82 Å². The fraction of sp³-hybridized carbons (Fsp3) is 0.312. The van der Waals surface area contributed by atoms with Gasteiger partial charge in [0.15, 0.2) is 0 Å². The number of imidazole rings is 1. The van der Waals surface area contributed by atoms with Crippen molar-refractivity contribution in [2.24, 2.45) is 0 Å². The van der Waals surface area contributed by atoms with E-state index in [1.165, 1.54) is 16.5 Å². The Labute approximate surface area is 119 Å². The molecule has 0 bridgehead atoms. The van der Waals surface area contributed by atoms with E-state index in [9.17, 15) is 0 Å². The summed E-state index contributed by atoms with van der Waals surface area (Å²) in [6, 6.07) is 8.83. The van der Waals surface area contributed by atoms with Crippen LogP contribution in [0.15, 0.2) is 42.9 Å². The lowest BCUT2D eigenvalue weighted by Gasteiger charge is -2.09. The van der Waals surface area contributed by atoms with Crippen LogP contribution in [0.3, 0.4) is 0 Å². The molecule has 3 rings (SSSR count). The molecule has 0 atom stereocenters. The number of hydrogen-bond donors (Lipinski definition) is 1. The van der Waals surface area contributed by atoms with Crippen LogP contribution in [-0.2, 0) is 19.6 Å². The fourth-order valence-electron chi connectivity index (χ4n) is 2.59. The van der Waals surface area contributed by atoms with Crippen LogP contribution in [0, 0.1) is 6.92 Å². The molecule has 0 amide bonds. The second-order valence-electron chi connectivity index (χ2n) is 5.10. The van der Waals surface area contributed by atoms with Gasteiger partial charge in [-0.3, -0.25) is 0 Å². The summed E-state index contributed by atoms with van der Waals surface area (Å²) in [5.41, 5.74) is 2.62. The summed E-state index contributed by atoms with van der Waals surface area (Å²) < 4.78 is 4.50. The van der Waals surface area contributed by atoms with Crippen molar-refractivity contribution in [1.82, 2.24) is 19.4 Å². The molecule has 0 aliphatic rings.